The van der Waals surface area contributed by atoms with Gasteiger partial charge < -0.3 is 14.6 Å². The Hall–Kier alpha value is -2.13. The molecule has 9 heteroatoms. The summed E-state index contributed by atoms with van der Waals surface area (Å²) in [4.78, 5) is 24.4. The Morgan fingerprint density at radius 2 is 2.08 bits per heavy atom. The number of hydrogen-bond acceptors (Lipinski definition) is 6. The molecule has 1 saturated heterocycles. The number of thiophene rings is 1. The predicted octanol–water partition coefficient (Wildman–Crippen LogP) is 0.999. The molecule has 0 saturated carbocycles. The summed E-state index contributed by atoms with van der Waals surface area (Å²) < 4.78 is 29.5. The minimum absolute atomic E-state index is 0.0601. The van der Waals surface area contributed by atoms with Crippen molar-refractivity contribution in [2.45, 2.75) is 12.5 Å². The van der Waals surface area contributed by atoms with Crippen molar-refractivity contribution in [3.63, 3.8) is 0 Å². The molecule has 0 aliphatic carbocycles. The van der Waals surface area contributed by atoms with Gasteiger partial charge in [0.05, 0.1) is 17.2 Å². The Bertz CT molecular complexity index is 839. The van der Waals surface area contributed by atoms with E-state index in [1.807, 2.05) is 24.5 Å². The van der Waals surface area contributed by atoms with Crippen molar-refractivity contribution in [3.05, 3.63) is 40.8 Å². The summed E-state index contributed by atoms with van der Waals surface area (Å²) in [5.74, 6) is -1.06. The molecule has 2 aromatic rings. The second-order valence-corrected chi connectivity index (χ2v) is 8.61. The van der Waals surface area contributed by atoms with Gasteiger partial charge in [0.2, 0.25) is 0 Å². The molecule has 1 atom stereocenters. The molecule has 1 unspecified atom stereocenters. The molecule has 1 fully saturated rings. The summed E-state index contributed by atoms with van der Waals surface area (Å²) >= 11 is 1.23. The van der Waals surface area contributed by atoms with Crippen LogP contribution < -0.4 is 5.32 Å². The van der Waals surface area contributed by atoms with Gasteiger partial charge in [0.1, 0.15) is 4.88 Å². The lowest BCUT2D eigenvalue weighted by Crippen LogP contribution is -2.38. The van der Waals surface area contributed by atoms with Gasteiger partial charge in [-0.1, -0.05) is 0 Å². The van der Waals surface area contributed by atoms with E-state index in [0.29, 0.717) is 17.0 Å². The summed E-state index contributed by atoms with van der Waals surface area (Å²) in [6.07, 6.45) is 4.02. The maximum absolute atomic E-state index is 12.2. The fourth-order valence-electron chi connectivity index (χ4n) is 2.53. The Kier molecular flexibility index (Phi) is 4.72. The minimum Gasteiger partial charge on any atom is -0.451 e. The number of amides is 1. The highest BCUT2D eigenvalue weighted by atomic mass is 32.2. The van der Waals surface area contributed by atoms with Gasteiger partial charge in [-0.3, -0.25) is 4.79 Å². The van der Waals surface area contributed by atoms with Gasteiger partial charge in [-0.2, -0.15) is 0 Å². The molecule has 1 aliphatic rings. The van der Waals surface area contributed by atoms with Crippen molar-refractivity contribution >= 4 is 33.1 Å². The Morgan fingerprint density at radius 3 is 2.75 bits per heavy atom. The molecular weight excluding hydrogens is 352 g/mol. The first-order valence-corrected chi connectivity index (χ1v) is 10.0. The molecule has 0 bridgehead atoms. The van der Waals surface area contributed by atoms with E-state index in [1.54, 1.807) is 16.0 Å². The molecule has 1 amide bonds. The van der Waals surface area contributed by atoms with Crippen molar-refractivity contribution in [1.82, 2.24) is 9.88 Å². The normalized spacial score (nSPS) is 19.1. The number of nitrogens with one attached hydrogen (secondary N) is 1. The van der Waals surface area contributed by atoms with Crippen molar-refractivity contribution < 1.29 is 22.7 Å². The number of carbonyl (C=O) groups is 2. The summed E-state index contributed by atoms with van der Waals surface area (Å²) in [6.45, 7) is -0.432. The minimum atomic E-state index is -3.06. The van der Waals surface area contributed by atoms with Crippen LogP contribution in [-0.2, 0) is 19.4 Å². The van der Waals surface area contributed by atoms with Crippen LogP contribution in [0.4, 0.5) is 0 Å². The molecule has 128 valence electrons. The fourth-order valence-corrected chi connectivity index (χ4v) is 4.98. The van der Waals surface area contributed by atoms with Crippen molar-refractivity contribution in [2.24, 2.45) is 0 Å². The Balaban J connectivity index is 1.55. The topological polar surface area (TPSA) is 94.5 Å². The Morgan fingerprint density at radius 1 is 1.33 bits per heavy atom. The van der Waals surface area contributed by atoms with Gasteiger partial charge in [0, 0.05) is 18.4 Å². The fraction of sp³-hybridized carbons (Fsp3) is 0.333. The van der Waals surface area contributed by atoms with Gasteiger partial charge in [-0.15, -0.1) is 11.3 Å². The molecule has 7 nitrogen and oxygen atoms in total. The first-order valence-electron chi connectivity index (χ1n) is 7.32. The van der Waals surface area contributed by atoms with E-state index in [-0.39, 0.29) is 11.5 Å². The van der Waals surface area contributed by atoms with E-state index in [1.165, 1.54) is 11.3 Å². The number of hydrogen-bond donors (Lipinski definition) is 1. The zero-order valence-electron chi connectivity index (χ0n) is 12.7. The Labute approximate surface area is 143 Å². The van der Waals surface area contributed by atoms with E-state index in [9.17, 15) is 18.0 Å². The number of rotatable bonds is 5. The molecule has 0 spiro atoms. The lowest BCUT2D eigenvalue weighted by molar-refractivity contribution is -0.124. The molecule has 1 aliphatic heterocycles. The highest BCUT2D eigenvalue weighted by molar-refractivity contribution is 7.91. The van der Waals surface area contributed by atoms with E-state index >= 15 is 0 Å². The molecule has 24 heavy (non-hydrogen) atoms. The van der Waals surface area contributed by atoms with Crippen LogP contribution in [0.2, 0.25) is 0 Å². The van der Waals surface area contributed by atoms with Gasteiger partial charge in [-0.25, -0.2) is 13.2 Å². The van der Waals surface area contributed by atoms with Crippen LogP contribution >= 0.6 is 11.3 Å². The largest absolute Gasteiger partial charge is 0.451 e. The lowest BCUT2D eigenvalue weighted by Gasteiger charge is -2.11. The third-order valence-electron chi connectivity index (χ3n) is 3.64. The molecule has 3 rings (SSSR count). The maximum Gasteiger partial charge on any atom is 0.350 e. The monoisotopic (exact) mass is 368 g/mol. The zero-order chi connectivity index (χ0) is 17.2. The number of aromatic nitrogens is 1. The van der Waals surface area contributed by atoms with Crippen molar-refractivity contribution in [1.29, 1.82) is 0 Å². The number of carbonyl (C=O) groups excluding carboxylic acids is 2. The first kappa shape index (κ1) is 16.7. The molecule has 0 aromatic carbocycles. The number of sulfone groups is 1. The standard InChI is InChI=1S/C15H16N2O5S2/c18-13(16-11-4-8-24(20,21)10-11)9-22-15(19)14-12(3-7-23-14)17-5-1-2-6-17/h1-3,5-7,11H,4,8-10H2,(H,16,18). The van der Waals surface area contributed by atoms with Crippen LogP contribution in [0, 0.1) is 0 Å². The average molecular weight is 368 g/mol. The van der Waals surface area contributed by atoms with E-state index < -0.39 is 34.4 Å². The maximum atomic E-state index is 12.2. The SMILES string of the molecule is O=C(COC(=O)c1sccc1-n1cccc1)NC1CCS(=O)(=O)C1. The number of nitrogens with zero attached hydrogens (tertiary/aromatic N) is 1. The number of esters is 1. The average Bonchev–Trinajstić information content (AvgIpc) is 3.24. The molecule has 1 N–H and O–H groups in total. The van der Waals surface area contributed by atoms with Crippen molar-refractivity contribution in [3.8, 4) is 5.69 Å². The summed E-state index contributed by atoms with van der Waals surface area (Å²) in [5.41, 5.74) is 0.692. The second kappa shape index (κ2) is 6.78. The highest BCUT2D eigenvalue weighted by Gasteiger charge is 2.29. The molecule has 0 radical (unpaired) electrons. The first-order chi connectivity index (χ1) is 11.4. The van der Waals surface area contributed by atoms with Gasteiger partial charge in [-0.05, 0) is 30.0 Å². The molecular formula is C15H16N2O5S2. The van der Waals surface area contributed by atoms with Gasteiger partial charge >= 0.3 is 5.97 Å². The van der Waals surface area contributed by atoms with Gasteiger partial charge in [0.25, 0.3) is 5.91 Å². The van der Waals surface area contributed by atoms with Crippen LogP contribution in [0.15, 0.2) is 36.0 Å². The quantitative estimate of drug-likeness (QED) is 0.795. The second-order valence-electron chi connectivity index (χ2n) is 5.47. The van der Waals surface area contributed by atoms with Crippen LogP contribution in [0.1, 0.15) is 16.1 Å². The molecule has 2 aromatic heterocycles. The van der Waals surface area contributed by atoms with Crippen molar-refractivity contribution in [2.75, 3.05) is 18.1 Å². The highest BCUT2D eigenvalue weighted by Crippen LogP contribution is 2.22. The van der Waals surface area contributed by atoms with Crippen LogP contribution in [-0.4, -0.2) is 49.0 Å². The summed E-state index contributed by atoms with van der Waals surface area (Å²) in [6, 6.07) is 5.08. The molecule has 3 heterocycles. The number of ether oxygens (including phenoxy) is 1. The van der Waals surface area contributed by atoms with E-state index in [2.05, 4.69) is 5.32 Å². The smallest absolute Gasteiger partial charge is 0.350 e. The van der Waals surface area contributed by atoms with Gasteiger partial charge in [0.15, 0.2) is 16.4 Å². The van der Waals surface area contributed by atoms with E-state index in [0.717, 1.165) is 0 Å². The summed E-state index contributed by atoms with van der Waals surface area (Å²) in [5, 5.41) is 4.35. The van der Waals surface area contributed by atoms with Crippen LogP contribution in [0.5, 0.6) is 0 Å². The predicted molar refractivity (Wildman–Crippen MR) is 89.1 cm³/mol. The van der Waals surface area contributed by atoms with Crippen LogP contribution in [0.25, 0.3) is 5.69 Å². The third-order valence-corrected chi connectivity index (χ3v) is 6.30. The lowest BCUT2D eigenvalue weighted by atomic mass is 10.2. The summed E-state index contributed by atoms with van der Waals surface area (Å²) in [7, 11) is -3.06. The third kappa shape index (κ3) is 3.85. The van der Waals surface area contributed by atoms with Crippen LogP contribution in [0.3, 0.4) is 0 Å². The zero-order valence-corrected chi connectivity index (χ0v) is 14.3. The van der Waals surface area contributed by atoms with E-state index in [4.69, 9.17) is 4.74 Å².